The molecule has 0 saturated carbocycles. The largest absolute Gasteiger partial charge is 0.508 e. The van der Waals surface area contributed by atoms with E-state index in [9.17, 15) is 14.7 Å². The van der Waals surface area contributed by atoms with Crippen molar-refractivity contribution in [2.45, 2.75) is 110 Å². The van der Waals surface area contributed by atoms with Gasteiger partial charge in [0.2, 0.25) is 0 Å². The molecule has 0 bridgehead atoms. The van der Waals surface area contributed by atoms with Crippen LogP contribution in [0.15, 0.2) is 85.2 Å². The van der Waals surface area contributed by atoms with Crippen LogP contribution >= 0.6 is 0 Å². The molecule has 4 aromatic carbocycles. The maximum absolute atomic E-state index is 13.4. The van der Waals surface area contributed by atoms with Gasteiger partial charge in [0.1, 0.15) is 24.5 Å². The average molecular weight is 785 g/mol. The van der Waals surface area contributed by atoms with Crippen LogP contribution in [-0.2, 0) is 16.0 Å². The third kappa shape index (κ3) is 9.07. The number of rotatable bonds is 15. The zero-order chi connectivity index (χ0) is 41.0. The van der Waals surface area contributed by atoms with Gasteiger partial charge in [0.05, 0.1) is 5.52 Å². The van der Waals surface area contributed by atoms with E-state index >= 15 is 0 Å². The van der Waals surface area contributed by atoms with Gasteiger partial charge in [-0.3, -0.25) is 0 Å². The summed E-state index contributed by atoms with van der Waals surface area (Å²) in [6, 6.07) is 23.8. The fraction of sp³-hybridized carbons (Fsp3) is 0.396. The molecular weight excluding hydrogens is 727 g/mol. The number of phenolic OH excluding ortho intramolecular Hbond substituents is 1. The van der Waals surface area contributed by atoms with Crippen LogP contribution in [0.3, 0.4) is 0 Å². The fourth-order valence-corrected chi connectivity index (χ4v) is 8.65. The Kier molecular flexibility index (Phi) is 12.2. The van der Waals surface area contributed by atoms with Gasteiger partial charge in [-0.1, -0.05) is 55.0 Å². The number of amides is 2. The minimum absolute atomic E-state index is 0.0263. The molecule has 58 heavy (non-hydrogen) atoms. The molecule has 1 aliphatic rings. The Morgan fingerprint density at radius 3 is 2.28 bits per heavy atom. The van der Waals surface area contributed by atoms with Gasteiger partial charge in [-0.2, -0.15) is 0 Å². The lowest BCUT2D eigenvalue weighted by atomic mass is 9.96. The highest BCUT2D eigenvalue weighted by Crippen LogP contribution is 2.44. The number of pyridine rings is 1. The predicted octanol–water partition coefficient (Wildman–Crippen LogP) is 9.57. The van der Waals surface area contributed by atoms with Crippen LogP contribution in [0.5, 0.6) is 5.75 Å². The minimum Gasteiger partial charge on any atom is -0.508 e. The second-order valence-corrected chi connectivity index (χ2v) is 16.9. The van der Waals surface area contributed by atoms with E-state index in [2.05, 4.69) is 76.8 Å². The number of phenols is 1. The maximum Gasteiger partial charge on any atom is 0.407 e. The highest BCUT2D eigenvalue weighted by molar-refractivity contribution is 6.16. The summed E-state index contributed by atoms with van der Waals surface area (Å²) < 4.78 is 13.5. The van der Waals surface area contributed by atoms with Crippen LogP contribution in [0, 0.1) is 13.8 Å². The number of aromatic nitrogens is 2. The molecule has 0 aliphatic heterocycles. The molecule has 304 valence electrons. The van der Waals surface area contributed by atoms with Crippen LogP contribution in [-0.4, -0.2) is 53.1 Å². The van der Waals surface area contributed by atoms with Gasteiger partial charge in [0, 0.05) is 58.7 Å². The standard InChI is InChI=1S/C48H57N5O5/c1-30-39-28-53(26-23-33(39)31(2)45-44(30)38-27-32(54)21-22-42(38)51-45)25-14-6-7-19-41(49)43(20-12-13-24-50-46(55)58-48(3,4)5)52-47(56)57-29-40-36-17-10-8-15-34(36)35-16-9-11-18-37(35)40/h8-11,15-18,21-23,26-28,40-41,43H,6-7,12-14,19-20,24-25,29,49H2,1-5H3,(H3,50,52,54,55,56)/p+1. The average Bonchev–Trinajstić information content (AvgIpc) is 3.73. The van der Waals surface area contributed by atoms with E-state index in [0.717, 1.165) is 66.9 Å². The van der Waals surface area contributed by atoms with Crippen LogP contribution in [0.4, 0.5) is 9.59 Å². The zero-order valence-corrected chi connectivity index (χ0v) is 34.5. The summed E-state index contributed by atoms with van der Waals surface area (Å²) in [5, 5.41) is 20.8. The molecule has 2 atom stereocenters. The lowest BCUT2D eigenvalue weighted by Gasteiger charge is -2.25. The normalized spacial score (nSPS) is 13.7. The van der Waals surface area contributed by atoms with Gasteiger partial charge in [-0.15, -0.1) is 0 Å². The summed E-state index contributed by atoms with van der Waals surface area (Å²) in [5.41, 5.74) is 15.5. The number of hydrogen-bond donors (Lipinski definition) is 5. The molecule has 0 fully saturated rings. The molecule has 0 radical (unpaired) electrons. The lowest BCUT2D eigenvalue weighted by Crippen LogP contribution is -2.48. The Balaban J connectivity index is 0.945. The molecule has 2 unspecified atom stereocenters. The minimum atomic E-state index is -0.557. The molecule has 1 aliphatic carbocycles. The van der Waals surface area contributed by atoms with E-state index in [1.54, 1.807) is 6.07 Å². The van der Waals surface area contributed by atoms with Crippen molar-refractivity contribution in [1.29, 1.82) is 0 Å². The first-order chi connectivity index (χ1) is 27.9. The van der Waals surface area contributed by atoms with Crippen molar-refractivity contribution in [2.75, 3.05) is 13.2 Å². The van der Waals surface area contributed by atoms with Crippen molar-refractivity contribution < 1.29 is 28.7 Å². The van der Waals surface area contributed by atoms with Crippen molar-refractivity contribution >= 4 is 44.8 Å². The van der Waals surface area contributed by atoms with Crippen molar-refractivity contribution in [3.8, 4) is 16.9 Å². The molecular formula is C48H58N5O5+. The summed E-state index contributed by atoms with van der Waals surface area (Å²) in [7, 11) is 0. The number of carbonyl (C=O) groups is 2. The number of nitrogens with one attached hydrogen (secondary N) is 3. The number of aromatic amines is 1. The van der Waals surface area contributed by atoms with Gasteiger partial charge in [-0.25, -0.2) is 14.2 Å². The number of aromatic hydroxyl groups is 1. The van der Waals surface area contributed by atoms with Gasteiger partial charge >= 0.3 is 12.2 Å². The van der Waals surface area contributed by atoms with E-state index in [-0.39, 0.29) is 30.4 Å². The summed E-state index contributed by atoms with van der Waals surface area (Å²) >= 11 is 0. The summed E-state index contributed by atoms with van der Waals surface area (Å²) in [4.78, 5) is 29.1. The number of H-pyrrole nitrogens is 1. The topological polar surface area (TPSA) is 143 Å². The zero-order valence-electron chi connectivity index (χ0n) is 34.5. The highest BCUT2D eigenvalue weighted by atomic mass is 16.6. The van der Waals surface area contributed by atoms with Crippen molar-refractivity contribution in [2.24, 2.45) is 5.73 Å². The molecule has 6 aromatic rings. The number of hydrogen-bond acceptors (Lipinski definition) is 6. The van der Waals surface area contributed by atoms with Crippen LogP contribution in [0.25, 0.3) is 43.7 Å². The van der Waals surface area contributed by atoms with Gasteiger partial charge in [0.15, 0.2) is 12.4 Å². The number of aryl methyl sites for hydroxylation is 3. The molecule has 2 heterocycles. The predicted molar refractivity (Wildman–Crippen MR) is 231 cm³/mol. The van der Waals surface area contributed by atoms with Crippen molar-refractivity contribution in [1.82, 2.24) is 15.6 Å². The van der Waals surface area contributed by atoms with Crippen molar-refractivity contribution in [3.63, 3.8) is 0 Å². The fourth-order valence-electron chi connectivity index (χ4n) is 8.65. The van der Waals surface area contributed by atoms with Crippen LogP contribution in [0.1, 0.15) is 93.9 Å². The molecule has 2 aromatic heterocycles. The molecule has 10 nitrogen and oxygen atoms in total. The summed E-state index contributed by atoms with van der Waals surface area (Å²) in [6.07, 6.45) is 9.34. The molecule has 7 rings (SSSR count). The third-order valence-corrected chi connectivity index (χ3v) is 11.6. The Bertz CT molecular complexity index is 2390. The lowest BCUT2D eigenvalue weighted by molar-refractivity contribution is -0.696. The second kappa shape index (κ2) is 17.5. The number of ether oxygens (including phenoxy) is 2. The molecule has 10 heteroatoms. The SMILES string of the molecule is Cc1c2cc[n+](CCCCCC(N)C(CCCCNC(=O)OC(C)(C)C)NC(=O)OCC3c4ccccc4-c4ccccc43)cc2c(C)c2c1[nH]c1ccc(O)cc12. The van der Waals surface area contributed by atoms with E-state index in [1.165, 1.54) is 44.2 Å². The smallest absolute Gasteiger partial charge is 0.407 e. The Morgan fingerprint density at radius 1 is 0.845 bits per heavy atom. The molecule has 0 spiro atoms. The number of alkyl carbamates (subject to hydrolysis) is 2. The van der Waals surface area contributed by atoms with E-state index in [4.69, 9.17) is 15.2 Å². The van der Waals surface area contributed by atoms with Crippen LogP contribution in [0.2, 0.25) is 0 Å². The first-order valence-electron chi connectivity index (χ1n) is 20.8. The van der Waals surface area contributed by atoms with E-state index in [1.807, 2.05) is 57.2 Å². The van der Waals surface area contributed by atoms with Gasteiger partial charge in [0.25, 0.3) is 0 Å². The quantitative estimate of drug-likeness (QED) is 0.0519. The van der Waals surface area contributed by atoms with Gasteiger partial charge in [-0.05, 0) is 124 Å². The first kappa shape index (κ1) is 40.6. The number of unbranched alkanes of at least 4 members (excludes halogenated alkanes) is 3. The molecule has 6 N–H and O–H groups in total. The maximum atomic E-state index is 13.4. The van der Waals surface area contributed by atoms with Crippen LogP contribution < -0.4 is 20.9 Å². The van der Waals surface area contributed by atoms with E-state index in [0.29, 0.717) is 13.0 Å². The Hall–Kier alpha value is -5.61. The van der Waals surface area contributed by atoms with Crippen molar-refractivity contribution in [3.05, 3.63) is 107 Å². The van der Waals surface area contributed by atoms with E-state index < -0.39 is 17.8 Å². The Labute approximate surface area is 341 Å². The summed E-state index contributed by atoms with van der Waals surface area (Å²) in [6.45, 7) is 11.4. The molecule has 2 amide bonds. The number of nitrogens with two attached hydrogens (primary N) is 1. The molecule has 0 saturated heterocycles. The number of benzene rings is 4. The Morgan fingerprint density at radius 2 is 1.55 bits per heavy atom. The highest BCUT2D eigenvalue weighted by Gasteiger charge is 2.30. The first-order valence-corrected chi connectivity index (χ1v) is 20.8. The number of nitrogens with zero attached hydrogens (tertiary/aromatic N) is 1. The summed E-state index contributed by atoms with van der Waals surface area (Å²) in [5.74, 6) is 0.238. The third-order valence-electron chi connectivity index (χ3n) is 11.6. The van der Waals surface area contributed by atoms with Gasteiger partial charge < -0.3 is 35.9 Å². The monoisotopic (exact) mass is 784 g/mol. The number of carbonyl (C=O) groups excluding carboxylic acids is 2. The second-order valence-electron chi connectivity index (χ2n) is 16.9. The number of fused-ring (bicyclic) bond motifs is 7.